The molecule has 2 unspecified atom stereocenters. The summed E-state index contributed by atoms with van der Waals surface area (Å²) in [5, 5.41) is 3.31. The van der Waals surface area contributed by atoms with Crippen molar-refractivity contribution in [2.45, 2.75) is 26.2 Å². The minimum atomic E-state index is -0.293. The second-order valence-corrected chi connectivity index (χ2v) is 4.82. The van der Waals surface area contributed by atoms with E-state index in [1.165, 1.54) is 25.6 Å². The number of rotatable bonds is 3. The van der Waals surface area contributed by atoms with E-state index in [0.29, 0.717) is 11.7 Å². The van der Waals surface area contributed by atoms with Gasteiger partial charge in [0.25, 0.3) is 5.56 Å². The molecule has 1 aromatic rings. The molecule has 1 heterocycles. The standard InChI is InChI=1S/C11H16ClN3O/c1-7-3-2-4-8(7)5-13-10-9(12)11(16)15-6-14-10/h6-8H,2-5H2,1H3,(H2,13,14,15,16). The molecule has 0 radical (unpaired) electrons. The van der Waals surface area contributed by atoms with E-state index >= 15 is 0 Å². The van der Waals surface area contributed by atoms with E-state index in [1.807, 2.05) is 0 Å². The fourth-order valence-corrected chi connectivity index (χ4v) is 2.43. The van der Waals surface area contributed by atoms with Gasteiger partial charge in [-0.3, -0.25) is 4.79 Å². The first-order chi connectivity index (χ1) is 7.68. The van der Waals surface area contributed by atoms with Crippen LogP contribution in [0.3, 0.4) is 0 Å². The van der Waals surface area contributed by atoms with Gasteiger partial charge in [0.15, 0.2) is 5.82 Å². The van der Waals surface area contributed by atoms with Crippen LogP contribution in [0.15, 0.2) is 11.1 Å². The predicted octanol–water partition coefficient (Wildman–Crippen LogP) is 2.27. The number of aromatic amines is 1. The van der Waals surface area contributed by atoms with Crippen LogP contribution in [-0.4, -0.2) is 16.5 Å². The lowest BCUT2D eigenvalue weighted by Crippen LogP contribution is -2.19. The first-order valence-electron chi connectivity index (χ1n) is 5.65. The highest BCUT2D eigenvalue weighted by Gasteiger charge is 2.23. The van der Waals surface area contributed by atoms with Crippen molar-refractivity contribution >= 4 is 17.4 Å². The zero-order valence-electron chi connectivity index (χ0n) is 9.29. The number of nitrogens with one attached hydrogen (secondary N) is 2. The van der Waals surface area contributed by atoms with Crippen molar-refractivity contribution in [3.8, 4) is 0 Å². The number of hydrogen-bond acceptors (Lipinski definition) is 3. The minimum absolute atomic E-state index is 0.146. The monoisotopic (exact) mass is 241 g/mol. The number of nitrogens with zero attached hydrogens (tertiary/aromatic N) is 1. The van der Waals surface area contributed by atoms with E-state index in [1.54, 1.807) is 0 Å². The molecule has 1 fully saturated rings. The Morgan fingerprint density at radius 1 is 1.62 bits per heavy atom. The SMILES string of the molecule is CC1CCCC1CNc1nc[nH]c(=O)c1Cl. The fourth-order valence-electron chi connectivity index (χ4n) is 2.26. The first kappa shape index (κ1) is 11.5. The lowest BCUT2D eigenvalue weighted by molar-refractivity contribution is 0.439. The van der Waals surface area contributed by atoms with Gasteiger partial charge >= 0.3 is 0 Å². The van der Waals surface area contributed by atoms with Crippen molar-refractivity contribution < 1.29 is 0 Å². The molecule has 0 amide bonds. The van der Waals surface area contributed by atoms with Gasteiger partial charge < -0.3 is 10.3 Å². The van der Waals surface area contributed by atoms with Gasteiger partial charge in [0, 0.05) is 6.54 Å². The van der Waals surface area contributed by atoms with Crippen molar-refractivity contribution in [3.63, 3.8) is 0 Å². The van der Waals surface area contributed by atoms with Crippen molar-refractivity contribution in [2.24, 2.45) is 11.8 Å². The van der Waals surface area contributed by atoms with E-state index in [-0.39, 0.29) is 10.6 Å². The summed E-state index contributed by atoms with van der Waals surface area (Å²) in [5.41, 5.74) is -0.293. The molecule has 0 saturated heterocycles. The van der Waals surface area contributed by atoms with E-state index < -0.39 is 0 Å². The zero-order valence-corrected chi connectivity index (χ0v) is 10.0. The van der Waals surface area contributed by atoms with Gasteiger partial charge in [0.2, 0.25) is 0 Å². The molecule has 1 aromatic heterocycles. The van der Waals surface area contributed by atoms with Gasteiger partial charge in [-0.15, -0.1) is 0 Å². The smallest absolute Gasteiger partial charge is 0.271 e. The Morgan fingerprint density at radius 3 is 3.12 bits per heavy atom. The lowest BCUT2D eigenvalue weighted by atomic mass is 9.98. The molecule has 2 N–H and O–H groups in total. The minimum Gasteiger partial charge on any atom is -0.368 e. The van der Waals surface area contributed by atoms with Crippen LogP contribution in [-0.2, 0) is 0 Å². The normalized spacial score (nSPS) is 24.6. The summed E-state index contributed by atoms with van der Waals surface area (Å²) < 4.78 is 0. The fraction of sp³-hybridized carbons (Fsp3) is 0.636. The van der Waals surface area contributed by atoms with Crippen LogP contribution in [0.2, 0.25) is 5.02 Å². The van der Waals surface area contributed by atoms with Gasteiger partial charge in [-0.05, 0) is 18.3 Å². The topological polar surface area (TPSA) is 57.8 Å². The Kier molecular flexibility index (Phi) is 3.49. The summed E-state index contributed by atoms with van der Waals surface area (Å²) in [7, 11) is 0. The lowest BCUT2D eigenvalue weighted by Gasteiger charge is -2.16. The maximum Gasteiger partial charge on any atom is 0.271 e. The molecule has 88 valence electrons. The molecule has 1 aliphatic rings. The highest BCUT2D eigenvalue weighted by Crippen LogP contribution is 2.31. The van der Waals surface area contributed by atoms with Gasteiger partial charge in [0.1, 0.15) is 5.02 Å². The van der Waals surface area contributed by atoms with Gasteiger partial charge in [0.05, 0.1) is 6.33 Å². The molecule has 0 spiro atoms. The van der Waals surface area contributed by atoms with E-state index in [0.717, 1.165) is 12.5 Å². The van der Waals surface area contributed by atoms with Crippen molar-refractivity contribution in [1.29, 1.82) is 0 Å². The van der Waals surface area contributed by atoms with Crippen LogP contribution in [0.25, 0.3) is 0 Å². The summed E-state index contributed by atoms with van der Waals surface area (Å²) >= 11 is 5.85. The number of aromatic nitrogens is 2. The van der Waals surface area contributed by atoms with Crippen molar-refractivity contribution in [3.05, 3.63) is 21.7 Å². The number of halogens is 1. The number of H-pyrrole nitrogens is 1. The molecule has 16 heavy (non-hydrogen) atoms. The van der Waals surface area contributed by atoms with E-state index in [2.05, 4.69) is 22.2 Å². The molecular weight excluding hydrogens is 226 g/mol. The third kappa shape index (κ3) is 2.38. The second-order valence-electron chi connectivity index (χ2n) is 4.44. The summed E-state index contributed by atoms with van der Waals surface area (Å²) in [6, 6.07) is 0. The molecule has 0 bridgehead atoms. The van der Waals surface area contributed by atoms with Crippen LogP contribution in [0.5, 0.6) is 0 Å². The third-order valence-corrected chi connectivity index (χ3v) is 3.72. The Morgan fingerprint density at radius 2 is 2.44 bits per heavy atom. The summed E-state index contributed by atoms with van der Waals surface area (Å²) in [5.74, 6) is 1.90. The number of anilines is 1. The van der Waals surface area contributed by atoms with Gasteiger partial charge in [-0.1, -0.05) is 31.4 Å². The molecule has 0 aliphatic heterocycles. The molecule has 1 aliphatic carbocycles. The molecule has 2 atom stereocenters. The van der Waals surface area contributed by atoms with Crippen LogP contribution in [0.4, 0.5) is 5.82 Å². The summed E-state index contributed by atoms with van der Waals surface area (Å²) in [4.78, 5) is 17.7. The summed E-state index contributed by atoms with van der Waals surface area (Å²) in [6.45, 7) is 3.11. The molecule has 0 aromatic carbocycles. The largest absolute Gasteiger partial charge is 0.368 e. The van der Waals surface area contributed by atoms with E-state index in [4.69, 9.17) is 11.6 Å². The average molecular weight is 242 g/mol. The molecular formula is C11H16ClN3O. The molecule has 5 heteroatoms. The Labute approximate surface area is 99.4 Å². The van der Waals surface area contributed by atoms with Crippen molar-refractivity contribution in [2.75, 3.05) is 11.9 Å². The van der Waals surface area contributed by atoms with Crippen LogP contribution < -0.4 is 10.9 Å². The maximum atomic E-state index is 11.2. The Hall–Kier alpha value is -1.03. The van der Waals surface area contributed by atoms with Crippen LogP contribution >= 0.6 is 11.6 Å². The molecule has 1 saturated carbocycles. The quantitative estimate of drug-likeness (QED) is 0.854. The van der Waals surface area contributed by atoms with E-state index in [9.17, 15) is 4.79 Å². The van der Waals surface area contributed by atoms with Crippen LogP contribution in [0, 0.1) is 11.8 Å². The second kappa shape index (κ2) is 4.87. The van der Waals surface area contributed by atoms with Gasteiger partial charge in [-0.25, -0.2) is 4.98 Å². The number of hydrogen-bond donors (Lipinski definition) is 2. The maximum absolute atomic E-state index is 11.2. The molecule has 2 rings (SSSR count). The first-order valence-corrected chi connectivity index (χ1v) is 6.03. The highest BCUT2D eigenvalue weighted by molar-refractivity contribution is 6.32. The third-order valence-electron chi connectivity index (χ3n) is 3.37. The highest BCUT2D eigenvalue weighted by atomic mass is 35.5. The Bertz CT molecular complexity index is 418. The predicted molar refractivity (Wildman–Crippen MR) is 64.9 cm³/mol. The Balaban J connectivity index is 1.99. The summed E-state index contributed by atoms with van der Waals surface area (Å²) in [6.07, 6.45) is 5.20. The molecule has 4 nitrogen and oxygen atoms in total. The van der Waals surface area contributed by atoms with Crippen LogP contribution in [0.1, 0.15) is 26.2 Å². The van der Waals surface area contributed by atoms with Crippen molar-refractivity contribution in [1.82, 2.24) is 9.97 Å². The average Bonchev–Trinajstić information content (AvgIpc) is 2.67. The van der Waals surface area contributed by atoms with Gasteiger partial charge in [-0.2, -0.15) is 0 Å². The zero-order chi connectivity index (χ0) is 11.5.